The van der Waals surface area contributed by atoms with Gasteiger partial charge in [-0.25, -0.2) is 15.8 Å². The van der Waals surface area contributed by atoms with Crippen LogP contribution in [0.5, 0.6) is 5.75 Å². The van der Waals surface area contributed by atoms with Gasteiger partial charge in [0, 0.05) is 0 Å². The number of aryl methyl sites for hydroxylation is 2. The highest BCUT2D eigenvalue weighted by Gasteiger charge is 2.08. The van der Waals surface area contributed by atoms with Gasteiger partial charge in [0.05, 0.1) is 5.39 Å². The maximum atomic E-state index is 5.79. The summed E-state index contributed by atoms with van der Waals surface area (Å²) in [5, 5.41) is 2.90. The van der Waals surface area contributed by atoms with Crippen molar-refractivity contribution in [2.75, 3.05) is 5.43 Å². The highest BCUT2D eigenvalue weighted by molar-refractivity contribution is 7.16. The standard InChI is InChI=1S/C15H16N4OS/c1-9-5-10(2)7-11(6-9)20-8-13-17-14(19-16)12-3-4-21-15(12)18-13/h3-7H,8,16H2,1-2H3,(H,17,18,19). The highest BCUT2D eigenvalue weighted by Crippen LogP contribution is 2.25. The van der Waals surface area contributed by atoms with Crippen molar-refractivity contribution < 1.29 is 4.74 Å². The zero-order valence-electron chi connectivity index (χ0n) is 11.9. The molecule has 0 atom stereocenters. The van der Waals surface area contributed by atoms with Crippen molar-refractivity contribution >= 4 is 27.4 Å². The van der Waals surface area contributed by atoms with Gasteiger partial charge in [0.25, 0.3) is 0 Å². The van der Waals surface area contributed by atoms with E-state index in [4.69, 9.17) is 10.6 Å². The first kappa shape index (κ1) is 13.8. The molecule has 0 aliphatic heterocycles. The van der Waals surface area contributed by atoms with Gasteiger partial charge < -0.3 is 10.2 Å². The number of hydrogen-bond donors (Lipinski definition) is 2. The van der Waals surface area contributed by atoms with Gasteiger partial charge in [0.1, 0.15) is 17.2 Å². The van der Waals surface area contributed by atoms with Gasteiger partial charge >= 0.3 is 0 Å². The Balaban J connectivity index is 1.84. The van der Waals surface area contributed by atoms with Gasteiger partial charge in [-0.1, -0.05) is 6.07 Å². The van der Waals surface area contributed by atoms with Gasteiger partial charge in [0.15, 0.2) is 11.6 Å². The van der Waals surface area contributed by atoms with E-state index in [1.165, 1.54) is 11.1 Å². The number of benzene rings is 1. The van der Waals surface area contributed by atoms with Gasteiger partial charge in [-0.2, -0.15) is 0 Å². The van der Waals surface area contributed by atoms with Crippen LogP contribution in [0.4, 0.5) is 5.82 Å². The molecule has 0 aliphatic rings. The predicted molar refractivity (Wildman–Crippen MR) is 85.5 cm³/mol. The van der Waals surface area contributed by atoms with E-state index < -0.39 is 0 Å². The smallest absolute Gasteiger partial charge is 0.169 e. The molecule has 0 spiro atoms. The molecule has 3 rings (SSSR count). The average molecular weight is 300 g/mol. The molecule has 3 aromatic rings. The summed E-state index contributed by atoms with van der Waals surface area (Å²) >= 11 is 1.56. The quantitative estimate of drug-likeness (QED) is 0.572. The van der Waals surface area contributed by atoms with E-state index in [0.29, 0.717) is 18.2 Å². The van der Waals surface area contributed by atoms with Crippen LogP contribution in [0.3, 0.4) is 0 Å². The summed E-state index contributed by atoms with van der Waals surface area (Å²) in [7, 11) is 0. The van der Waals surface area contributed by atoms with Crippen LogP contribution in [-0.2, 0) is 6.61 Å². The van der Waals surface area contributed by atoms with Crippen LogP contribution >= 0.6 is 11.3 Å². The van der Waals surface area contributed by atoms with Crippen molar-refractivity contribution in [3.05, 3.63) is 46.6 Å². The lowest BCUT2D eigenvalue weighted by Crippen LogP contribution is -2.11. The maximum absolute atomic E-state index is 5.79. The molecule has 0 fully saturated rings. The first-order valence-electron chi connectivity index (χ1n) is 6.57. The summed E-state index contributed by atoms with van der Waals surface area (Å²) in [5.74, 6) is 7.57. The number of nitrogens with two attached hydrogens (primary N) is 1. The summed E-state index contributed by atoms with van der Waals surface area (Å²) in [6.07, 6.45) is 0. The number of ether oxygens (including phenoxy) is 1. The number of nitrogen functional groups attached to an aromatic ring is 1. The van der Waals surface area contributed by atoms with Crippen LogP contribution in [0, 0.1) is 13.8 Å². The van der Waals surface area contributed by atoms with Crippen molar-refractivity contribution in [3.8, 4) is 5.75 Å². The van der Waals surface area contributed by atoms with Gasteiger partial charge in [-0.05, 0) is 48.6 Å². The molecule has 108 valence electrons. The second kappa shape index (κ2) is 5.67. The van der Waals surface area contributed by atoms with E-state index >= 15 is 0 Å². The Kier molecular flexibility index (Phi) is 3.72. The molecular formula is C15H16N4OS. The van der Waals surface area contributed by atoms with Crippen LogP contribution in [0.2, 0.25) is 0 Å². The molecule has 0 unspecified atom stereocenters. The Labute approximate surface area is 126 Å². The molecule has 2 aromatic heterocycles. The second-order valence-electron chi connectivity index (χ2n) is 4.88. The maximum Gasteiger partial charge on any atom is 0.169 e. The van der Waals surface area contributed by atoms with Crippen molar-refractivity contribution in [2.45, 2.75) is 20.5 Å². The van der Waals surface area contributed by atoms with Crippen LogP contribution in [-0.4, -0.2) is 9.97 Å². The third kappa shape index (κ3) is 2.96. The van der Waals surface area contributed by atoms with E-state index in [0.717, 1.165) is 16.0 Å². The lowest BCUT2D eigenvalue weighted by Gasteiger charge is -2.09. The fraction of sp³-hybridized carbons (Fsp3) is 0.200. The van der Waals surface area contributed by atoms with E-state index in [1.54, 1.807) is 11.3 Å². The predicted octanol–water partition coefficient (Wildman–Crippen LogP) is 3.17. The third-order valence-electron chi connectivity index (χ3n) is 3.07. The summed E-state index contributed by atoms with van der Waals surface area (Å²) in [6.45, 7) is 4.40. The summed E-state index contributed by atoms with van der Waals surface area (Å²) in [5.41, 5.74) is 4.95. The third-order valence-corrected chi connectivity index (χ3v) is 3.88. The van der Waals surface area contributed by atoms with E-state index in [1.807, 2.05) is 37.4 Å². The number of thiophene rings is 1. The first-order valence-corrected chi connectivity index (χ1v) is 7.45. The number of fused-ring (bicyclic) bond motifs is 1. The van der Waals surface area contributed by atoms with Crippen LogP contribution in [0.25, 0.3) is 10.2 Å². The van der Waals surface area contributed by atoms with Crippen LogP contribution in [0.15, 0.2) is 29.6 Å². The number of aromatic nitrogens is 2. The number of rotatable bonds is 4. The second-order valence-corrected chi connectivity index (χ2v) is 5.78. The fourth-order valence-electron chi connectivity index (χ4n) is 2.24. The fourth-order valence-corrected chi connectivity index (χ4v) is 3.02. The van der Waals surface area contributed by atoms with Crippen LogP contribution in [0.1, 0.15) is 17.0 Å². The molecule has 0 saturated heterocycles. The van der Waals surface area contributed by atoms with Crippen molar-refractivity contribution in [1.82, 2.24) is 9.97 Å². The zero-order chi connectivity index (χ0) is 14.8. The minimum atomic E-state index is 0.311. The molecule has 1 aromatic carbocycles. The normalized spacial score (nSPS) is 10.8. The van der Waals surface area contributed by atoms with Crippen LogP contribution < -0.4 is 16.0 Å². The summed E-state index contributed by atoms with van der Waals surface area (Å²) < 4.78 is 5.79. The molecule has 2 heterocycles. The first-order chi connectivity index (χ1) is 10.2. The van der Waals surface area contributed by atoms with Gasteiger partial charge in [-0.15, -0.1) is 11.3 Å². The molecular weight excluding hydrogens is 284 g/mol. The molecule has 0 amide bonds. The van der Waals surface area contributed by atoms with E-state index in [9.17, 15) is 0 Å². The molecule has 0 bridgehead atoms. The van der Waals surface area contributed by atoms with E-state index in [-0.39, 0.29) is 0 Å². The Morgan fingerprint density at radius 3 is 2.67 bits per heavy atom. The van der Waals surface area contributed by atoms with Crippen molar-refractivity contribution in [2.24, 2.45) is 5.84 Å². The van der Waals surface area contributed by atoms with Crippen molar-refractivity contribution in [3.63, 3.8) is 0 Å². The number of anilines is 1. The molecule has 21 heavy (non-hydrogen) atoms. The summed E-state index contributed by atoms with van der Waals surface area (Å²) in [4.78, 5) is 9.78. The SMILES string of the molecule is Cc1cc(C)cc(OCc2nc(NN)c3ccsc3n2)c1. The highest BCUT2D eigenvalue weighted by atomic mass is 32.1. The average Bonchev–Trinajstić information content (AvgIpc) is 2.91. The van der Waals surface area contributed by atoms with E-state index in [2.05, 4.69) is 21.5 Å². The number of hydrazine groups is 1. The minimum Gasteiger partial charge on any atom is -0.486 e. The number of nitrogens with zero attached hydrogens (tertiary/aromatic N) is 2. The molecule has 0 aliphatic carbocycles. The largest absolute Gasteiger partial charge is 0.486 e. The Morgan fingerprint density at radius 2 is 1.95 bits per heavy atom. The Bertz CT molecular complexity index is 764. The topological polar surface area (TPSA) is 73.1 Å². The summed E-state index contributed by atoms with van der Waals surface area (Å²) in [6, 6.07) is 8.05. The monoisotopic (exact) mass is 300 g/mol. The van der Waals surface area contributed by atoms with Gasteiger partial charge in [0.2, 0.25) is 0 Å². The minimum absolute atomic E-state index is 0.311. The Morgan fingerprint density at radius 1 is 1.19 bits per heavy atom. The molecule has 0 radical (unpaired) electrons. The lowest BCUT2D eigenvalue weighted by molar-refractivity contribution is 0.296. The molecule has 6 heteroatoms. The molecule has 5 nitrogen and oxygen atoms in total. The molecule has 0 saturated carbocycles. The van der Waals surface area contributed by atoms with Crippen molar-refractivity contribution in [1.29, 1.82) is 0 Å². The number of nitrogens with one attached hydrogen (secondary N) is 1. The Hall–Kier alpha value is -2.18. The van der Waals surface area contributed by atoms with Gasteiger partial charge in [-0.3, -0.25) is 0 Å². The number of hydrogen-bond acceptors (Lipinski definition) is 6. The zero-order valence-corrected chi connectivity index (χ0v) is 12.7. The molecule has 3 N–H and O–H groups in total. The lowest BCUT2D eigenvalue weighted by atomic mass is 10.1.